The van der Waals surface area contributed by atoms with E-state index < -0.39 is 22.2 Å². The van der Waals surface area contributed by atoms with Crippen LogP contribution in [-0.4, -0.2) is 72.5 Å². The Balaban J connectivity index is 1.72. The molecule has 1 amide bonds. The van der Waals surface area contributed by atoms with Crippen molar-refractivity contribution in [3.8, 4) is 5.75 Å². The molecule has 4 rings (SSSR count). The Kier molecular flexibility index (Phi) is 8.12. The molecule has 0 radical (unpaired) electrons. The Bertz CT molecular complexity index is 1220. The van der Waals surface area contributed by atoms with E-state index in [4.69, 9.17) is 4.74 Å². The average molecular weight is 514 g/mol. The second-order valence-corrected chi connectivity index (χ2v) is 11.7. The maximum absolute atomic E-state index is 13.7. The first-order valence-corrected chi connectivity index (χ1v) is 13.9. The van der Waals surface area contributed by atoms with E-state index in [0.29, 0.717) is 5.56 Å². The highest BCUT2D eigenvalue weighted by atomic mass is 32.2. The number of rotatable bonds is 6. The van der Waals surface area contributed by atoms with Gasteiger partial charge in [-0.1, -0.05) is 19.1 Å². The van der Waals surface area contributed by atoms with Crippen LogP contribution in [0.15, 0.2) is 53.7 Å². The van der Waals surface area contributed by atoms with Gasteiger partial charge in [-0.15, -0.1) is 0 Å². The first-order chi connectivity index (χ1) is 17.2. The number of ether oxygens (including phenoxy) is 1. The molecule has 0 saturated carbocycles. The normalized spacial score (nSPS) is 22.8. The standard InChI is InChI=1S/C27H35N3O5S/c1-19-16-30(20(2)18-31)36(33,34)26-10-9-23(21-7-5-4-6-8-21)15-24(26)35-25(19)17-29(3)27(32)22-11-13-28-14-12-22/h7,9-15,19-20,25,31H,4-6,8,16-18H2,1-3H3/t19-,20+,25-/m1/s1. The number of aliphatic hydroxyl groups is 1. The van der Waals surface area contributed by atoms with Crippen LogP contribution in [0.4, 0.5) is 0 Å². The number of fused-ring (bicyclic) bond motifs is 1. The summed E-state index contributed by atoms with van der Waals surface area (Å²) in [6.45, 7) is 3.76. The fourth-order valence-corrected chi connectivity index (χ4v) is 6.64. The van der Waals surface area contributed by atoms with Crippen molar-refractivity contribution in [2.45, 2.75) is 56.6 Å². The number of carbonyl (C=O) groups excluding carboxylic acids is 1. The van der Waals surface area contributed by atoms with Gasteiger partial charge in [-0.25, -0.2) is 8.42 Å². The van der Waals surface area contributed by atoms with E-state index in [1.54, 1.807) is 49.5 Å². The van der Waals surface area contributed by atoms with Gasteiger partial charge in [0.05, 0.1) is 13.2 Å². The molecule has 1 N–H and O–H groups in total. The fourth-order valence-electron chi connectivity index (χ4n) is 4.81. The molecule has 1 aliphatic heterocycles. The van der Waals surface area contributed by atoms with Gasteiger partial charge < -0.3 is 14.7 Å². The van der Waals surface area contributed by atoms with Crippen molar-refractivity contribution in [2.24, 2.45) is 5.92 Å². The first kappa shape index (κ1) is 26.3. The van der Waals surface area contributed by atoms with Crippen LogP contribution in [0.1, 0.15) is 55.5 Å². The minimum atomic E-state index is -3.90. The predicted octanol–water partition coefficient (Wildman–Crippen LogP) is 3.58. The van der Waals surface area contributed by atoms with Crippen molar-refractivity contribution < 1.29 is 23.1 Å². The largest absolute Gasteiger partial charge is 0.487 e. The summed E-state index contributed by atoms with van der Waals surface area (Å²) in [7, 11) is -2.19. The Morgan fingerprint density at radius 1 is 1.25 bits per heavy atom. The highest BCUT2D eigenvalue weighted by molar-refractivity contribution is 7.89. The van der Waals surface area contributed by atoms with Crippen molar-refractivity contribution in [3.63, 3.8) is 0 Å². The molecule has 0 fully saturated rings. The van der Waals surface area contributed by atoms with E-state index >= 15 is 0 Å². The molecule has 0 unspecified atom stereocenters. The zero-order chi connectivity index (χ0) is 25.9. The smallest absolute Gasteiger partial charge is 0.253 e. The predicted molar refractivity (Wildman–Crippen MR) is 138 cm³/mol. The van der Waals surface area contributed by atoms with Gasteiger partial charge in [0.25, 0.3) is 5.91 Å². The molecule has 8 nitrogen and oxygen atoms in total. The highest BCUT2D eigenvalue weighted by Gasteiger charge is 2.38. The van der Waals surface area contributed by atoms with Crippen molar-refractivity contribution in [3.05, 3.63) is 59.9 Å². The Morgan fingerprint density at radius 2 is 2.00 bits per heavy atom. The summed E-state index contributed by atoms with van der Waals surface area (Å²) in [5.74, 6) is -0.118. The molecule has 1 aromatic carbocycles. The zero-order valence-corrected chi connectivity index (χ0v) is 21.9. The zero-order valence-electron chi connectivity index (χ0n) is 21.1. The molecule has 3 atom stereocenters. The van der Waals surface area contributed by atoms with Crippen molar-refractivity contribution in [2.75, 3.05) is 26.7 Å². The van der Waals surface area contributed by atoms with E-state index in [-0.39, 0.29) is 42.2 Å². The monoisotopic (exact) mass is 513 g/mol. The SMILES string of the molecule is C[C@@H]1CN([C@@H](C)CO)S(=O)(=O)c2ccc(C3=CCCCC3)cc2O[C@@H]1CN(C)C(=O)c1ccncc1. The molecule has 2 heterocycles. The molecule has 1 aliphatic carbocycles. The van der Waals surface area contributed by atoms with Crippen LogP contribution in [0, 0.1) is 5.92 Å². The molecule has 0 bridgehead atoms. The maximum atomic E-state index is 13.7. The number of carbonyl (C=O) groups is 1. The van der Waals surface area contributed by atoms with Gasteiger partial charge in [0, 0.05) is 43.5 Å². The molecule has 194 valence electrons. The van der Waals surface area contributed by atoms with E-state index in [9.17, 15) is 18.3 Å². The third-order valence-corrected chi connectivity index (χ3v) is 9.08. The second-order valence-electron chi connectivity index (χ2n) is 9.80. The molecule has 1 aromatic heterocycles. The number of hydrogen-bond acceptors (Lipinski definition) is 6. The summed E-state index contributed by atoms with van der Waals surface area (Å²) >= 11 is 0. The number of hydrogen-bond donors (Lipinski definition) is 1. The molecule has 9 heteroatoms. The highest BCUT2D eigenvalue weighted by Crippen LogP contribution is 2.37. The number of aliphatic hydroxyl groups excluding tert-OH is 1. The lowest BCUT2D eigenvalue weighted by Gasteiger charge is -2.37. The maximum Gasteiger partial charge on any atom is 0.253 e. The summed E-state index contributed by atoms with van der Waals surface area (Å²) in [4.78, 5) is 18.7. The van der Waals surface area contributed by atoms with Crippen LogP contribution in [0.5, 0.6) is 5.75 Å². The van der Waals surface area contributed by atoms with E-state index in [1.165, 1.54) is 9.88 Å². The summed E-state index contributed by atoms with van der Waals surface area (Å²) < 4.78 is 35.2. The third-order valence-electron chi connectivity index (χ3n) is 7.06. The van der Waals surface area contributed by atoms with E-state index in [2.05, 4.69) is 11.1 Å². The number of benzene rings is 1. The summed E-state index contributed by atoms with van der Waals surface area (Å²) in [5.41, 5.74) is 2.68. The van der Waals surface area contributed by atoms with Crippen LogP contribution in [0.3, 0.4) is 0 Å². The fraction of sp³-hybridized carbons (Fsp3) is 0.481. The quantitative estimate of drug-likeness (QED) is 0.634. The van der Waals surface area contributed by atoms with Gasteiger partial charge in [0.2, 0.25) is 10.0 Å². The number of allylic oxidation sites excluding steroid dienone is 2. The lowest BCUT2D eigenvalue weighted by Crippen LogP contribution is -2.50. The van der Waals surface area contributed by atoms with Crippen LogP contribution >= 0.6 is 0 Å². The third kappa shape index (κ3) is 5.48. The number of likely N-dealkylation sites (N-methyl/N-ethyl adjacent to an activating group) is 1. The van der Waals surface area contributed by atoms with Crippen LogP contribution in [0.25, 0.3) is 5.57 Å². The Labute approximate surface area is 213 Å². The lowest BCUT2D eigenvalue weighted by atomic mass is 9.93. The minimum absolute atomic E-state index is 0.0861. The van der Waals surface area contributed by atoms with Crippen LogP contribution in [-0.2, 0) is 10.0 Å². The van der Waals surface area contributed by atoms with Gasteiger partial charge in [-0.3, -0.25) is 9.78 Å². The first-order valence-electron chi connectivity index (χ1n) is 12.5. The summed E-state index contributed by atoms with van der Waals surface area (Å²) in [5, 5.41) is 9.84. The summed E-state index contributed by atoms with van der Waals surface area (Å²) in [6.07, 6.45) is 9.12. The van der Waals surface area contributed by atoms with Crippen LogP contribution in [0.2, 0.25) is 0 Å². The Hall–Kier alpha value is -2.75. The lowest BCUT2D eigenvalue weighted by molar-refractivity contribution is 0.0563. The molecule has 36 heavy (non-hydrogen) atoms. The Morgan fingerprint density at radius 3 is 2.67 bits per heavy atom. The average Bonchev–Trinajstić information content (AvgIpc) is 2.90. The van der Waals surface area contributed by atoms with Gasteiger partial charge in [0.15, 0.2) is 0 Å². The van der Waals surface area contributed by atoms with Crippen molar-refractivity contribution in [1.29, 1.82) is 0 Å². The van der Waals surface area contributed by atoms with Gasteiger partial charge in [-0.05, 0) is 68.0 Å². The molecular formula is C27H35N3O5S. The van der Waals surface area contributed by atoms with Gasteiger partial charge in [-0.2, -0.15) is 4.31 Å². The summed E-state index contributed by atoms with van der Waals surface area (Å²) in [6, 6.07) is 8.02. The second kappa shape index (κ2) is 11.1. The van der Waals surface area contributed by atoms with Crippen LogP contribution < -0.4 is 4.74 Å². The van der Waals surface area contributed by atoms with Gasteiger partial charge >= 0.3 is 0 Å². The number of aromatic nitrogens is 1. The minimum Gasteiger partial charge on any atom is -0.487 e. The topological polar surface area (TPSA) is 100 Å². The van der Waals surface area contributed by atoms with E-state index in [0.717, 1.165) is 31.2 Å². The molecular weight excluding hydrogens is 478 g/mol. The number of sulfonamides is 1. The molecule has 0 spiro atoms. The molecule has 2 aromatic rings. The van der Waals surface area contributed by atoms with Crippen molar-refractivity contribution >= 4 is 21.5 Å². The number of nitrogens with zero attached hydrogens (tertiary/aromatic N) is 3. The molecule has 0 saturated heterocycles. The number of amides is 1. The van der Waals surface area contributed by atoms with Gasteiger partial charge in [0.1, 0.15) is 16.7 Å². The number of pyridine rings is 1. The molecule has 2 aliphatic rings. The van der Waals surface area contributed by atoms with E-state index in [1.807, 2.05) is 19.1 Å². The van der Waals surface area contributed by atoms with Crippen molar-refractivity contribution in [1.82, 2.24) is 14.2 Å².